The number of carboxylic acids is 1. The maximum atomic E-state index is 9.00. The minimum absolute atomic E-state index is 0. The molecule has 0 aliphatic rings. The minimum atomic E-state index is -5.00. The van der Waals surface area contributed by atoms with Crippen molar-refractivity contribution in [2.75, 3.05) is 0 Å². The van der Waals surface area contributed by atoms with Crippen LogP contribution in [-0.4, -0.2) is 55.4 Å². The van der Waals surface area contributed by atoms with Crippen molar-refractivity contribution in [3.8, 4) is 0 Å². The van der Waals surface area contributed by atoms with Gasteiger partial charge in [-0.15, -0.1) is 0 Å². The molecule has 0 amide bonds. The first kappa shape index (κ1) is 17.2. The van der Waals surface area contributed by atoms with Crippen LogP contribution in [0.25, 0.3) is 0 Å². The van der Waals surface area contributed by atoms with E-state index in [1.54, 1.807) is 0 Å². The van der Waals surface area contributed by atoms with E-state index in [1.165, 1.54) is 0 Å². The van der Waals surface area contributed by atoms with Crippen molar-refractivity contribution in [2.45, 2.75) is 6.92 Å². The van der Waals surface area contributed by atoms with Crippen LogP contribution in [0, 0.1) is 0 Å². The summed E-state index contributed by atoms with van der Waals surface area (Å²) in [5.74, 6) is -0.833. The molecule has 0 fully saturated rings. The van der Waals surface area contributed by atoms with Crippen LogP contribution in [0.5, 0.6) is 0 Å². The molecule has 0 spiro atoms. The van der Waals surface area contributed by atoms with Crippen LogP contribution in [0.2, 0.25) is 0 Å². The van der Waals surface area contributed by atoms with Gasteiger partial charge in [-0.25, -0.2) is 0 Å². The molecule has 0 bridgehead atoms. The van der Waals surface area contributed by atoms with E-state index in [9.17, 15) is 0 Å². The molecule has 0 saturated heterocycles. The van der Waals surface area contributed by atoms with Gasteiger partial charge in [-0.05, 0) is 0 Å². The Morgan fingerprint density at radius 2 is 1.20 bits per heavy atom. The molecule has 0 aliphatic carbocycles. The van der Waals surface area contributed by atoms with Crippen molar-refractivity contribution in [3.63, 3.8) is 0 Å². The number of rotatable bonds is 0. The Balaban J connectivity index is -0.0000000910. The fraction of sp³-hybridized carbons (Fsp3) is 0.500. The summed E-state index contributed by atoms with van der Waals surface area (Å²) in [6.07, 6.45) is 0. The van der Waals surface area contributed by atoms with E-state index < -0.39 is 24.1 Å². The average Bonchev–Trinajstić information content (AvgIpc) is 1.19. The summed E-state index contributed by atoms with van der Waals surface area (Å²) in [6.45, 7) is 1.08. The molecular formula is C2H9NaO6Ti. The second-order valence-corrected chi connectivity index (χ2v) is 2.99. The van der Waals surface area contributed by atoms with Crippen LogP contribution in [0.4, 0.5) is 0 Å². The van der Waals surface area contributed by atoms with Crippen LogP contribution >= 0.6 is 0 Å². The van der Waals surface area contributed by atoms with Gasteiger partial charge in [0, 0.05) is 6.92 Å². The van der Waals surface area contributed by atoms with Gasteiger partial charge in [0.05, 0.1) is 0 Å². The quantitative estimate of drug-likeness (QED) is 0.270. The molecule has 58 valence electrons. The average molecular weight is 200 g/mol. The third kappa shape index (κ3) is 554. The summed E-state index contributed by atoms with van der Waals surface area (Å²) in [5.41, 5.74) is 0. The molecule has 0 heterocycles. The van der Waals surface area contributed by atoms with Crippen LogP contribution in [0.1, 0.15) is 6.92 Å². The van der Waals surface area contributed by atoms with E-state index in [-0.39, 0.29) is 29.6 Å². The van der Waals surface area contributed by atoms with Crippen LogP contribution in [0.3, 0.4) is 0 Å². The molecule has 0 aromatic heterocycles. The van der Waals surface area contributed by atoms with Crippen LogP contribution in [0.15, 0.2) is 0 Å². The van der Waals surface area contributed by atoms with Gasteiger partial charge in [0.2, 0.25) is 0 Å². The topological polar surface area (TPSA) is 118 Å². The molecule has 8 heteroatoms. The van der Waals surface area contributed by atoms with E-state index in [0.29, 0.717) is 0 Å². The summed E-state index contributed by atoms with van der Waals surface area (Å²) in [5, 5.41) is 7.42. The van der Waals surface area contributed by atoms with Crippen molar-refractivity contribution >= 4 is 35.5 Å². The Morgan fingerprint density at radius 3 is 1.20 bits per heavy atom. The van der Waals surface area contributed by atoms with Gasteiger partial charge >= 0.3 is 62.5 Å². The molecule has 0 saturated carbocycles. The zero-order valence-corrected chi connectivity index (χ0v) is 6.21. The van der Waals surface area contributed by atoms with Crippen LogP contribution in [-0.2, 0) is 22.9 Å². The Hall–Kier alpha value is 1.02. The molecule has 0 atom stereocenters. The molecule has 0 unspecified atom stereocenters. The Bertz CT molecular complexity index is 78.2. The number of carbonyl (C=O) groups is 1. The van der Waals surface area contributed by atoms with Gasteiger partial charge in [-0.3, -0.25) is 4.79 Å². The molecule has 0 aliphatic heterocycles. The first-order valence-corrected chi connectivity index (χ1v) is 4.62. The summed E-state index contributed by atoms with van der Waals surface area (Å²) in [4.78, 5) is 9.00. The molecular weight excluding hydrogens is 191 g/mol. The van der Waals surface area contributed by atoms with E-state index in [2.05, 4.69) is 0 Å². The van der Waals surface area contributed by atoms with Crippen LogP contribution < -0.4 is 0 Å². The molecule has 0 rings (SSSR count). The third-order valence-electron chi connectivity index (χ3n) is 0. The number of hydrogen-bond donors (Lipinski definition) is 5. The van der Waals surface area contributed by atoms with Gasteiger partial charge in [0.15, 0.2) is 0 Å². The zero-order valence-electron chi connectivity index (χ0n) is 4.64. The first-order chi connectivity index (χ1) is 3.73. The number of aliphatic carboxylic acids is 1. The summed E-state index contributed by atoms with van der Waals surface area (Å²) >= 11 is -5.00. The van der Waals surface area contributed by atoms with E-state index >= 15 is 0 Å². The Morgan fingerprint density at radius 1 is 1.20 bits per heavy atom. The number of carboxylic acid groups (broad SMARTS) is 1. The standard InChI is InChI=1S/C2H4O2.Na.4H2O.Ti.H/c1-2(3)4;;;;;;;/h1H3,(H,3,4);;4*1H2;;/q;;;;;;+4;/p-4. The summed E-state index contributed by atoms with van der Waals surface area (Å²) < 4.78 is 29.5. The van der Waals surface area contributed by atoms with Crippen molar-refractivity contribution in [2.24, 2.45) is 0 Å². The predicted molar refractivity (Wildman–Crippen MR) is 29.3 cm³/mol. The fourth-order valence-corrected chi connectivity index (χ4v) is 0. The monoisotopic (exact) mass is 200 g/mol. The Kier molecular flexibility index (Phi) is 14.0. The molecule has 0 radical (unpaired) electrons. The van der Waals surface area contributed by atoms with E-state index in [1.807, 2.05) is 0 Å². The molecule has 5 N–H and O–H groups in total. The second kappa shape index (κ2) is 8.12. The number of hydrogen-bond acceptors (Lipinski definition) is 5. The second-order valence-electron chi connectivity index (χ2n) is 1.12. The molecule has 0 aromatic rings. The van der Waals surface area contributed by atoms with Crippen molar-refractivity contribution < 1.29 is 42.8 Å². The third-order valence-corrected chi connectivity index (χ3v) is 0. The normalized spacial score (nSPS) is 8.50. The predicted octanol–water partition coefficient (Wildman–Crippen LogP) is -2.79. The fourth-order valence-electron chi connectivity index (χ4n) is 0. The van der Waals surface area contributed by atoms with Crippen molar-refractivity contribution in [3.05, 3.63) is 0 Å². The van der Waals surface area contributed by atoms with Crippen molar-refractivity contribution in [1.82, 2.24) is 0 Å². The van der Waals surface area contributed by atoms with Gasteiger partial charge in [-0.2, -0.15) is 0 Å². The Labute approximate surface area is 84.7 Å². The zero-order chi connectivity index (χ0) is 8.08. The summed E-state index contributed by atoms with van der Waals surface area (Å²) in [7, 11) is 0. The van der Waals surface area contributed by atoms with Crippen molar-refractivity contribution in [1.29, 1.82) is 0 Å². The first-order valence-electron chi connectivity index (χ1n) is 1.82. The van der Waals surface area contributed by atoms with Gasteiger partial charge in [0.25, 0.3) is 5.97 Å². The maximum absolute atomic E-state index is 9.00. The van der Waals surface area contributed by atoms with Gasteiger partial charge in [0.1, 0.15) is 0 Å². The van der Waals surface area contributed by atoms with Gasteiger partial charge in [-0.1, -0.05) is 0 Å². The van der Waals surface area contributed by atoms with Gasteiger partial charge < -0.3 is 5.11 Å². The molecule has 0 aromatic carbocycles. The summed E-state index contributed by atoms with van der Waals surface area (Å²) in [6, 6.07) is 0. The molecule has 6 nitrogen and oxygen atoms in total. The van der Waals surface area contributed by atoms with E-state index in [4.69, 9.17) is 24.7 Å². The SMILES string of the molecule is CC(=O)O.[NaH].[OH][Ti]([OH])([OH])[OH]. The molecule has 10 heavy (non-hydrogen) atoms. The van der Waals surface area contributed by atoms with E-state index in [0.717, 1.165) is 6.92 Å².